The molecular formula is C20H39P. The predicted octanol–water partition coefficient (Wildman–Crippen LogP) is 6.57. The quantitative estimate of drug-likeness (QED) is 0.407. The molecule has 1 rings (SSSR count). The summed E-state index contributed by atoms with van der Waals surface area (Å²) in [5, 5.41) is 0. The lowest BCUT2D eigenvalue weighted by Crippen LogP contribution is -2.46. The zero-order chi connectivity index (χ0) is 16.4. The Balaban J connectivity index is 2.96. The fourth-order valence-electron chi connectivity index (χ4n) is 4.68. The minimum absolute atomic E-state index is 0.402. The van der Waals surface area contributed by atoms with Crippen molar-refractivity contribution in [3.8, 4) is 0 Å². The molecule has 0 aromatic carbocycles. The number of rotatable bonds is 4. The lowest BCUT2D eigenvalue weighted by atomic mass is 9.58. The molecule has 0 radical (unpaired) electrons. The van der Waals surface area contributed by atoms with E-state index < -0.39 is 0 Å². The fourth-order valence-corrected chi connectivity index (χ4v) is 5.88. The number of allylic oxidation sites excluding steroid dienone is 1. The van der Waals surface area contributed by atoms with Gasteiger partial charge in [0.25, 0.3) is 0 Å². The Morgan fingerprint density at radius 1 is 1.10 bits per heavy atom. The second-order valence-electron chi connectivity index (χ2n) is 9.71. The van der Waals surface area contributed by atoms with Gasteiger partial charge in [-0.15, -0.1) is 15.8 Å². The van der Waals surface area contributed by atoms with E-state index in [1.165, 1.54) is 25.7 Å². The molecular weight excluding hydrogens is 271 g/mol. The molecule has 0 aromatic rings. The average molecular weight is 311 g/mol. The number of hydrogen-bond donors (Lipinski definition) is 0. The molecule has 1 saturated carbocycles. The van der Waals surface area contributed by atoms with Crippen molar-refractivity contribution in [2.45, 2.75) is 79.8 Å². The first-order valence-corrected chi connectivity index (χ1v) is 9.50. The first-order chi connectivity index (χ1) is 9.47. The third-order valence-electron chi connectivity index (χ3n) is 5.49. The Bertz CT molecular complexity index is 329. The van der Waals surface area contributed by atoms with Crippen molar-refractivity contribution in [2.24, 2.45) is 34.5 Å². The summed E-state index contributed by atoms with van der Waals surface area (Å²) in [6.07, 6.45) is 7.38. The Labute approximate surface area is 136 Å². The summed E-state index contributed by atoms with van der Waals surface area (Å²) >= 11 is 0. The van der Waals surface area contributed by atoms with Gasteiger partial charge < -0.3 is 0 Å². The molecule has 0 saturated heterocycles. The van der Waals surface area contributed by atoms with Gasteiger partial charge in [0, 0.05) is 0 Å². The molecule has 0 aliphatic heterocycles. The smallest absolute Gasteiger partial charge is 0.0200 e. The summed E-state index contributed by atoms with van der Waals surface area (Å²) in [4.78, 5) is 0. The molecule has 1 fully saturated rings. The minimum atomic E-state index is 0.402. The minimum Gasteiger partial charge on any atom is -0.134 e. The fraction of sp³-hybridized carbons (Fsp3) is 0.900. The van der Waals surface area contributed by atoms with Crippen molar-refractivity contribution < 1.29 is 0 Å². The molecule has 0 nitrogen and oxygen atoms in total. The maximum Gasteiger partial charge on any atom is -0.0200 e. The molecule has 1 heteroatoms. The van der Waals surface area contributed by atoms with Crippen molar-refractivity contribution in [2.75, 3.05) is 0 Å². The van der Waals surface area contributed by atoms with Crippen LogP contribution in [-0.2, 0) is 0 Å². The Hall–Kier alpha value is 0.170. The van der Waals surface area contributed by atoms with E-state index in [-0.39, 0.29) is 0 Å². The third kappa shape index (κ3) is 5.38. The van der Waals surface area contributed by atoms with Crippen LogP contribution < -0.4 is 0 Å². The first kappa shape index (κ1) is 19.2. The topological polar surface area (TPSA) is 0 Å². The van der Waals surface area contributed by atoms with Crippen LogP contribution in [0.2, 0.25) is 0 Å². The van der Waals surface area contributed by atoms with Crippen LogP contribution in [0.25, 0.3) is 0 Å². The summed E-state index contributed by atoms with van der Waals surface area (Å²) in [5.74, 6) is 3.36. The summed E-state index contributed by atoms with van der Waals surface area (Å²) in [6, 6.07) is 0. The summed E-state index contributed by atoms with van der Waals surface area (Å²) in [5.41, 5.74) is 1.60. The molecule has 124 valence electrons. The zero-order valence-corrected chi connectivity index (χ0v) is 16.7. The third-order valence-corrected chi connectivity index (χ3v) is 6.52. The van der Waals surface area contributed by atoms with Crippen molar-refractivity contribution in [1.82, 2.24) is 0 Å². The molecule has 1 aliphatic carbocycles. The maximum atomic E-state index is 3.94. The Morgan fingerprint density at radius 3 is 2.10 bits per heavy atom. The van der Waals surface area contributed by atoms with Gasteiger partial charge in [-0.05, 0) is 65.8 Å². The molecule has 6 unspecified atom stereocenters. The zero-order valence-electron chi connectivity index (χ0n) is 15.6. The highest BCUT2D eigenvalue weighted by atomic mass is 31.0. The van der Waals surface area contributed by atoms with Crippen molar-refractivity contribution >= 4 is 9.24 Å². The molecule has 0 spiro atoms. The van der Waals surface area contributed by atoms with E-state index in [1.807, 2.05) is 0 Å². The van der Waals surface area contributed by atoms with Crippen LogP contribution in [0.1, 0.15) is 74.1 Å². The molecule has 0 amide bonds. The maximum absolute atomic E-state index is 3.94. The lowest BCUT2D eigenvalue weighted by Gasteiger charge is -2.51. The van der Waals surface area contributed by atoms with Crippen molar-refractivity contribution in [1.29, 1.82) is 0 Å². The van der Waals surface area contributed by atoms with Gasteiger partial charge in [0.2, 0.25) is 0 Å². The second kappa shape index (κ2) is 7.16. The van der Waals surface area contributed by atoms with Crippen LogP contribution >= 0.6 is 9.24 Å². The largest absolute Gasteiger partial charge is 0.134 e. The highest BCUT2D eigenvalue weighted by Crippen LogP contribution is 2.52. The highest BCUT2D eigenvalue weighted by molar-refractivity contribution is 7.17. The first-order valence-electron chi connectivity index (χ1n) is 8.84. The Kier molecular flexibility index (Phi) is 6.55. The monoisotopic (exact) mass is 310 g/mol. The highest BCUT2D eigenvalue weighted by Gasteiger charge is 2.45. The van der Waals surface area contributed by atoms with Gasteiger partial charge in [-0.2, -0.15) is 0 Å². The Morgan fingerprint density at radius 2 is 1.67 bits per heavy atom. The molecule has 0 bridgehead atoms. The van der Waals surface area contributed by atoms with E-state index in [2.05, 4.69) is 70.4 Å². The summed E-state index contributed by atoms with van der Waals surface area (Å²) in [6.45, 7) is 20.9. The van der Waals surface area contributed by atoms with E-state index in [0.717, 1.165) is 29.3 Å². The second-order valence-corrected chi connectivity index (χ2v) is 10.5. The lowest BCUT2D eigenvalue weighted by molar-refractivity contribution is 0.0332. The molecule has 0 N–H and O–H groups in total. The van der Waals surface area contributed by atoms with Gasteiger partial charge in [-0.3, -0.25) is 0 Å². The standard InChI is InChI=1S/C20H39P/c1-9-10-11-15-12-16(13-19(3,4)5)14(2)18(21)17(15)20(6,7)8/h9,14-18H,1,10-13,21H2,2-8H3. The number of hydrogen-bond acceptors (Lipinski definition) is 0. The normalized spacial score (nSPS) is 34.8. The molecule has 0 aromatic heterocycles. The van der Waals surface area contributed by atoms with E-state index in [4.69, 9.17) is 0 Å². The molecule has 1 aliphatic rings. The van der Waals surface area contributed by atoms with E-state index >= 15 is 0 Å². The van der Waals surface area contributed by atoms with Crippen LogP contribution in [0.5, 0.6) is 0 Å². The van der Waals surface area contributed by atoms with Crippen LogP contribution in [0.3, 0.4) is 0 Å². The van der Waals surface area contributed by atoms with Crippen LogP contribution in [-0.4, -0.2) is 5.66 Å². The SMILES string of the molecule is C=CCCC1CC(CC(C)(C)C)C(C)C(P)C1C(C)(C)C. The van der Waals surface area contributed by atoms with E-state index in [0.29, 0.717) is 10.8 Å². The van der Waals surface area contributed by atoms with Crippen molar-refractivity contribution in [3.05, 3.63) is 12.7 Å². The van der Waals surface area contributed by atoms with Crippen LogP contribution in [0, 0.1) is 34.5 Å². The molecule has 21 heavy (non-hydrogen) atoms. The average Bonchev–Trinajstić information content (AvgIpc) is 2.29. The summed E-state index contributed by atoms with van der Waals surface area (Å²) < 4.78 is 0. The van der Waals surface area contributed by atoms with Crippen LogP contribution in [0.15, 0.2) is 12.7 Å². The summed E-state index contributed by atoms with van der Waals surface area (Å²) in [7, 11) is 3.23. The van der Waals surface area contributed by atoms with Gasteiger partial charge in [0.15, 0.2) is 0 Å². The van der Waals surface area contributed by atoms with E-state index in [1.54, 1.807) is 0 Å². The van der Waals surface area contributed by atoms with Gasteiger partial charge in [0.1, 0.15) is 0 Å². The van der Waals surface area contributed by atoms with Gasteiger partial charge >= 0.3 is 0 Å². The van der Waals surface area contributed by atoms with Crippen molar-refractivity contribution in [3.63, 3.8) is 0 Å². The van der Waals surface area contributed by atoms with Gasteiger partial charge in [0.05, 0.1) is 0 Å². The predicted molar refractivity (Wildman–Crippen MR) is 101 cm³/mol. The van der Waals surface area contributed by atoms with E-state index in [9.17, 15) is 0 Å². The van der Waals surface area contributed by atoms with Crippen LogP contribution in [0.4, 0.5) is 0 Å². The molecule has 6 atom stereocenters. The van der Waals surface area contributed by atoms with Gasteiger partial charge in [-0.1, -0.05) is 54.5 Å². The molecule has 0 heterocycles. The van der Waals surface area contributed by atoms with Gasteiger partial charge in [-0.25, -0.2) is 0 Å².